The molecular weight excluding hydrogens is 380 g/mol. The molecule has 0 saturated carbocycles. The van der Waals surface area contributed by atoms with Crippen LogP contribution < -0.4 is 15.6 Å². The third-order valence-corrected chi connectivity index (χ3v) is 4.60. The Morgan fingerprint density at radius 2 is 1.67 bits per heavy atom. The van der Waals surface area contributed by atoms with Gasteiger partial charge in [0.05, 0.1) is 11.9 Å². The molecule has 7 heteroatoms. The van der Waals surface area contributed by atoms with Crippen molar-refractivity contribution in [1.82, 2.24) is 20.3 Å². The summed E-state index contributed by atoms with van der Waals surface area (Å²) >= 11 is 0. The van der Waals surface area contributed by atoms with Crippen LogP contribution in [0.2, 0.25) is 0 Å². The number of fused-ring (bicyclic) bond motifs is 1. The Kier molecular flexibility index (Phi) is 5.80. The van der Waals surface area contributed by atoms with E-state index in [2.05, 4.69) is 15.6 Å². The quantitative estimate of drug-likeness (QED) is 0.514. The number of benzene rings is 3. The number of carbonyl (C=O) groups is 1. The molecule has 1 amide bonds. The molecule has 30 heavy (non-hydrogen) atoms. The van der Waals surface area contributed by atoms with Crippen molar-refractivity contribution in [3.8, 4) is 11.5 Å². The number of ether oxygens (including phenoxy) is 1. The van der Waals surface area contributed by atoms with E-state index in [1.54, 1.807) is 24.3 Å². The van der Waals surface area contributed by atoms with E-state index < -0.39 is 0 Å². The van der Waals surface area contributed by atoms with E-state index >= 15 is 0 Å². The van der Waals surface area contributed by atoms with Crippen molar-refractivity contribution in [2.75, 3.05) is 0 Å². The Labute approximate surface area is 172 Å². The van der Waals surface area contributed by atoms with E-state index in [9.17, 15) is 9.59 Å². The van der Waals surface area contributed by atoms with Gasteiger partial charge in [-0.1, -0.05) is 53.7 Å². The molecule has 4 rings (SSSR count). The zero-order chi connectivity index (χ0) is 20.8. The second-order valence-electron chi connectivity index (χ2n) is 6.68. The van der Waals surface area contributed by atoms with E-state index in [1.807, 2.05) is 54.6 Å². The van der Waals surface area contributed by atoms with Crippen molar-refractivity contribution in [2.24, 2.45) is 0 Å². The minimum Gasteiger partial charge on any atom is -0.457 e. The normalized spacial score (nSPS) is 10.7. The largest absolute Gasteiger partial charge is 0.457 e. The van der Waals surface area contributed by atoms with Gasteiger partial charge >= 0.3 is 0 Å². The van der Waals surface area contributed by atoms with Crippen LogP contribution in [0.25, 0.3) is 10.9 Å². The molecule has 0 unspecified atom stereocenters. The molecule has 0 radical (unpaired) electrons. The van der Waals surface area contributed by atoms with Gasteiger partial charge in [0.2, 0.25) is 5.91 Å². The molecule has 4 aromatic rings. The zero-order valence-electron chi connectivity index (χ0n) is 16.2. The fourth-order valence-corrected chi connectivity index (χ4v) is 3.02. The number of nitrogens with one attached hydrogen (secondary N) is 1. The number of hydrogen-bond donors (Lipinski definition) is 1. The summed E-state index contributed by atoms with van der Waals surface area (Å²) in [4.78, 5) is 24.8. The first-order chi connectivity index (χ1) is 14.7. The number of aromatic nitrogens is 3. The minimum absolute atomic E-state index is 0.120. The second-order valence-corrected chi connectivity index (χ2v) is 6.68. The summed E-state index contributed by atoms with van der Waals surface area (Å²) in [7, 11) is 0. The van der Waals surface area contributed by atoms with E-state index in [0.717, 1.165) is 11.3 Å². The van der Waals surface area contributed by atoms with Gasteiger partial charge in [-0.25, -0.2) is 4.68 Å². The van der Waals surface area contributed by atoms with E-state index in [1.165, 1.54) is 4.68 Å². The molecule has 0 spiro atoms. The first-order valence-corrected chi connectivity index (χ1v) is 9.61. The Balaban J connectivity index is 1.37. The van der Waals surface area contributed by atoms with Gasteiger partial charge in [0.15, 0.2) is 0 Å². The predicted molar refractivity (Wildman–Crippen MR) is 113 cm³/mol. The van der Waals surface area contributed by atoms with Gasteiger partial charge in [-0.2, -0.15) is 0 Å². The minimum atomic E-state index is -0.255. The highest BCUT2D eigenvalue weighted by Crippen LogP contribution is 2.24. The average Bonchev–Trinajstić information content (AvgIpc) is 2.79. The van der Waals surface area contributed by atoms with Gasteiger partial charge in [-0.15, -0.1) is 5.10 Å². The standard InChI is InChI=1S/C23H20N4O3/c28-22(14-15-27-23(29)19-11-5-6-12-20(19)25-26-27)24-16-17-8-4-7-13-21(17)30-18-9-2-1-3-10-18/h1-13H,14-16H2,(H,24,28). The Morgan fingerprint density at radius 1 is 0.933 bits per heavy atom. The third-order valence-electron chi connectivity index (χ3n) is 4.60. The number of nitrogens with zero attached hydrogens (tertiary/aromatic N) is 3. The zero-order valence-corrected chi connectivity index (χ0v) is 16.2. The molecule has 150 valence electrons. The number of rotatable bonds is 7. The van der Waals surface area contributed by atoms with Crippen LogP contribution in [-0.4, -0.2) is 20.9 Å². The SMILES string of the molecule is O=C(CCn1nnc2ccccc2c1=O)NCc1ccccc1Oc1ccccc1. The molecular formula is C23H20N4O3. The van der Waals surface area contributed by atoms with Crippen LogP contribution >= 0.6 is 0 Å². The molecule has 1 aromatic heterocycles. The maximum atomic E-state index is 12.5. The van der Waals surface area contributed by atoms with Crippen LogP contribution in [0.15, 0.2) is 83.7 Å². The monoisotopic (exact) mass is 400 g/mol. The van der Waals surface area contributed by atoms with Gasteiger partial charge in [0.25, 0.3) is 5.56 Å². The van der Waals surface area contributed by atoms with Crippen molar-refractivity contribution in [2.45, 2.75) is 19.5 Å². The van der Waals surface area contributed by atoms with Crippen LogP contribution in [0.3, 0.4) is 0 Å². The molecule has 1 heterocycles. The van der Waals surface area contributed by atoms with Crippen molar-refractivity contribution < 1.29 is 9.53 Å². The number of carbonyl (C=O) groups excluding carboxylic acids is 1. The van der Waals surface area contributed by atoms with Crippen molar-refractivity contribution in [1.29, 1.82) is 0 Å². The highest BCUT2D eigenvalue weighted by Gasteiger charge is 2.09. The van der Waals surface area contributed by atoms with Crippen molar-refractivity contribution >= 4 is 16.8 Å². The molecule has 0 fully saturated rings. The second kappa shape index (κ2) is 9.00. The summed E-state index contributed by atoms with van der Waals surface area (Å²) in [6.07, 6.45) is 0.120. The maximum absolute atomic E-state index is 12.5. The fraction of sp³-hybridized carbons (Fsp3) is 0.130. The maximum Gasteiger partial charge on any atom is 0.277 e. The number of aryl methyl sites for hydroxylation is 1. The molecule has 0 aliphatic heterocycles. The van der Waals surface area contributed by atoms with Gasteiger partial charge in [0, 0.05) is 18.5 Å². The van der Waals surface area contributed by atoms with E-state index in [0.29, 0.717) is 23.2 Å². The lowest BCUT2D eigenvalue weighted by atomic mass is 10.2. The van der Waals surface area contributed by atoms with E-state index in [4.69, 9.17) is 4.74 Å². The highest BCUT2D eigenvalue weighted by molar-refractivity contribution is 5.77. The third kappa shape index (κ3) is 4.52. The lowest BCUT2D eigenvalue weighted by Crippen LogP contribution is -2.29. The summed E-state index contributed by atoms with van der Waals surface area (Å²) in [6.45, 7) is 0.477. The molecule has 7 nitrogen and oxygen atoms in total. The summed E-state index contributed by atoms with van der Waals surface area (Å²) in [5.74, 6) is 1.22. The lowest BCUT2D eigenvalue weighted by molar-refractivity contribution is -0.121. The predicted octanol–water partition coefficient (Wildman–Crippen LogP) is 3.29. The first kappa shape index (κ1) is 19.3. The molecule has 0 atom stereocenters. The highest BCUT2D eigenvalue weighted by atomic mass is 16.5. The summed E-state index contributed by atoms with van der Waals surface area (Å²) in [5, 5.41) is 11.3. The summed E-state index contributed by atoms with van der Waals surface area (Å²) in [6, 6.07) is 24.0. The van der Waals surface area contributed by atoms with Crippen LogP contribution in [0, 0.1) is 0 Å². The lowest BCUT2D eigenvalue weighted by Gasteiger charge is -2.12. The van der Waals surface area contributed by atoms with Gasteiger partial charge < -0.3 is 10.1 Å². The Bertz CT molecular complexity index is 1220. The van der Waals surface area contributed by atoms with Crippen LogP contribution in [-0.2, 0) is 17.9 Å². The van der Waals surface area contributed by atoms with Gasteiger partial charge in [0.1, 0.15) is 17.0 Å². The number of hydrogen-bond acceptors (Lipinski definition) is 5. The Morgan fingerprint density at radius 3 is 2.53 bits per heavy atom. The summed E-state index contributed by atoms with van der Waals surface area (Å²) in [5.41, 5.74) is 1.14. The average molecular weight is 400 g/mol. The molecule has 0 saturated heterocycles. The molecule has 0 aliphatic carbocycles. The molecule has 3 aromatic carbocycles. The Hall–Kier alpha value is -4.00. The van der Waals surface area contributed by atoms with Gasteiger partial charge in [-0.3, -0.25) is 9.59 Å². The molecule has 0 aliphatic rings. The van der Waals surface area contributed by atoms with Crippen LogP contribution in [0.5, 0.6) is 11.5 Å². The number of amides is 1. The van der Waals surface area contributed by atoms with Crippen LogP contribution in [0.4, 0.5) is 0 Å². The molecule has 1 N–H and O–H groups in total. The fourth-order valence-electron chi connectivity index (χ4n) is 3.02. The van der Waals surface area contributed by atoms with Gasteiger partial charge in [-0.05, 0) is 30.3 Å². The molecule has 0 bridgehead atoms. The topological polar surface area (TPSA) is 86.1 Å². The first-order valence-electron chi connectivity index (χ1n) is 9.61. The smallest absolute Gasteiger partial charge is 0.277 e. The van der Waals surface area contributed by atoms with Crippen molar-refractivity contribution in [3.63, 3.8) is 0 Å². The van der Waals surface area contributed by atoms with Crippen LogP contribution in [0.1, 0.15) is 12.0 Å². The summed E-state index contributed by atoms with van der Waals surface area (Å²) < 4.78 is 7.13. The van der Waals surface area contributed by atoms with E-state index in [-0.39, 0.29) is 24.4 Å². The van der Waals surface area contributed by atoms with Crippen molar-refractivity contribution in [3.05, 3.63) is 94.8 Å². The number of para-hydroxylation sites is 2.